The molecule has 0 radical (unpaired) electrons. The van der Waals surface area contributed by atoms with Crippen molar-refractivity contribution in [2.24, 2.45) is 7.05 Å². The summed E-state index contributed by atoms with van der Waals surface area (Å²) in [5.41, 5.74) is -2.49. The summed E-state index contributed by atoms with van der Waals surface area (Å²) in [4.78, 5) is 52.5. The molecule has 0 bridgehead atoms. The molecule has 3 aromatic rings. The second-order valence-electron chi connectivity index (χ2n) is 7.12. The fraction of sp³-hybridized carbons (Fsp3) is 0.286. The number of benzene rings is 1. The van der Waals surface area contributed by atoms with Crippen molar-refractivity contribution in [3.8, 4) is 0 Å². The van der Waals surface area contributed by atoms with E-state index in [9.17, 15) is 32.3 Å². The molecule has 0 aliphatic carbocycles. The quantitative estimate of drug-likeness (QED) is 0.584. The van der Waals surface area contributed by atoms with Crippen LogP contribution in [0.5, 0.6) is 0 Å². The maximum Gasteiger partial charge on any atom is 0.433 e. The molecule has 8 nitrogen and oxygen atoms in total. The number of fused-ring (bicyclic) bond motifs is 1. The number of ketones is 1. The first-order valence-electron chi connectivity index (χ1n) is 9.58. The highest BCUT2D eigenvalue weighted by atomic mass is 19.4. The monoisotopic (exact) mass is 448 g/mol. The van der Waals surface area contributed by atoms with Gasteiger partial charge in [-0.25, -0.2) is 9.78 Å². The second-order valence-corrected chi connectivity index (χ2v) is 7.12. The number of hydrogen-bond donors (Lipinski definition) is 1. The van der Waals surface area contributed by atoms with Gasteiger partial charge in [-0.3, -0.25) is 23.5 Å². The van der Waals surface area contributed by atoms with Crippen LogP contribution in [0.4, 0.5) is 18.9 Å². The number of rotatable bonds is 6. The highest BCUT2D eigenvalue weighted by Gasteiger charge is 2.33. The van der Waals surface area contributed by atoms with Crippen LogP contribution >= 0.6 is 0 Å². The highest BCUT2D eigenvalue weighted by molar-refractivity contribution is 6.03. The molecular weight excluding hydrogens is 429 g/mol. The smallest absolute Gasteiger partial charge is 0.325 e. The number of aryl methyl sites for hydroxylation is 1. The lowest BCUT2D eigenvalue weighted by molar-refractivity contribution is -0.141. The summed E-state index contributed by atoms with van der Waals surface area (Å²) in [6.07, 6.45) is -4.65. The molecule has 32 heavy (non-hydrogen) atoms. The second kappa shape index (κ2) is 8.77. The van der Waals surface area contributed by atoms with E-state index in [-0.39, 0.29) is 36.2 Å². The minimum Gasteiger partial charge on any atom is -0.325 e. The van der Waals surface area contributed by atoms with E-state index >= 15 is 0 Å². The largest absolute Gasteiger partial charge is 0.433 e. The van der Waals surface area contributed by atoms with Crippen molar-refractivity contribution in [1.82, 2.24) is 14.1 Å². The molecule has 0 aliphatic rings. The first-order chi connectivity index (χ1) is 15.0. The zero-order chi connectivity index (χ0) is 23.6. The highest BCUT2D eigenvalue weighted by Crippen LogP contribution is 2.28. The molecule has 0 atom stereocenters. The average Bonchev–Trinajstić information content (AvgIpc) is 2.73. The maximum atomic E-state index is 12.9. The fourth-order valence-electron chi connectivity index (χ4n) is 3.24. The number of halogens is 3. The third-order valence-corrected chi connectivity index (χ3v) is 4.84. The minimum atomic E-state index is -4.71. The molecule has 0 aliphatic heterocycles. The van der Waals surface area contributed by atoms with Gasteiger partial charge in [0.2, 0.25) is 5.91 Å². The molecule has 0 saturated carbocycles. The lowest BCUT2D eigenvalue weighted by Crippen LogP contribution is -2.39. The molecule has 0 unspecified atom stereocenters. The number of alkyl halides is 3. The number of carbonyl (C=O) groups excluding carboxylic acids is 2. The summed E-state index contributed by atoms with van der Waals surface area (Å²) in [5.74, 6) is -0.629. The number of nitrogens with one attached hydrogen (secondary N) is 1. The van der Waals surface area contributed by atoms with Crippen LogP contribution in [-0.4, -0.2) is 25.8 Å². The molecule has 11 heteroatoms. The summed E-state index contributed by atoms with van der Waals surface area (Å²) in [6, 6.07) is 8.15. The van der Waals surface area contributed by atoms with Gasteiger partial charge in [0, 0.05) is 25.6 Å². The number of hydrogen-bond acceptors (Lipinski definition) is 5. The third kappa shape index (κ3) is 4.61. The number of Topliss-reactive ketones (excluding diaryl/α,β-unsaturated/α-hetero) is 1. The normalized spacial score (nSPS) is 11.5. The van der Waals surface area contributed by atoms with E-state index in [1.807, 2.05) is 0 Å². The maximum absolute atomic E-state index is 12.9. The predicted octanol–water partition coefficient (Wildman–Crippen LogP) is 2.74. The van der Waals surface area contributed by atoms with Gasteiger partial charge in [0.1, 0.15) is 11.3 Å². The molecule has 3 rings (SSSR count). The number of carbonyl (C=O) groups is 2. The van der Waals surface area contributed by atoms with E-state index in [0.717, 1.165) is 15.2 Å². The van der Waals surface area contributed by atoms with Crippen LogP contribution in [0.2, 0.25) is 0 Å². The van der Waals surface area contributed by atoms with Crippen molar-refractivity contribution in [3.63, 3.8) is 0 Å². The number of anilines is 1. The van der Waals surface area contributed by atoms with E-state index in [1.165, 1.54) is 14.0 Å². The Balaban J connectivity index is 1.78. The molecule has 2 aromatic heterocycles. The number of amides is 1. The lowest BCUT2D eigenvalue weighted by atomic mass is 10.1. The molecule has 1 N–H and O–H groups in total. The van der Waals surface area contributed by atoms with Gasteiger partial charge >= 0.3 is 11.9 Å². The summed E-state index contributed by atoms with van der Waals surface area (Å²) in [6.45, 7) is 1.25. The summed E-state index contributed by atoms with van der Waals surface area (Å²) < 4.78 is 40.4. The van der Waals surface area contributed by atoms with Crippen molar-refractivity contribution in [2.75, 3.05) is 5.32 Å². The molecule has 1 aromatic carbocycles. The molecule has 168 valence electrons. The van der Waals surface area contributed by atoms with E-state index < -0.39 is 29.0 Å². The SMILES string of the molecule is CC(=O)c1ccccc1NC(=O)CCCn1c(=O)c2ccc(C(F)(F)F)nc2n(C)c1=O. The summed E-state index contributed by atoms with van der Waals surface area (Å²) in [5, 5.41) is 2.48. The van der Waals surface area contributed by atoms with E-state index in [4.69, 9.17) is 0 Å². The number of pyridine rings is 1. The van der Waals surface area contributed by atoms with Gasteiger partial charge in [0.05, 0.1) is 11.1 Å². The van der Waals surface area contributed by atoms with Crippen LogP contribution in [0.1, 0.15) is 35.8 Å². The van der Waals surface area contributed by atoms with Crippen LogP contribution in [0, 0.1) is 0 Å². The van der Waals surface area contributed by atoms with Gasteiger partial charge in [-0.2, -0.15) is 13.2 Å². The Morgan fingerprint density at radius 1 is 1.09 bits per heavy atom. The first-order valence-corrected chi connectivity index (χ1v) is 9.58. The fourth-order valence-corrected chi connectivity index (χ4v) is 3.24. The van der Waals surface area contributed by atoms with Gasteiger partial charge in [0.15, 0.2) is 5.78 Å². The molecular formula is C21H19F3N4O4. The molecule has 0 saturated heterocycles. The van der Waals surface area contributed by atoms with Crippen LogP contribution < -0.4 is 16.6 Å². The van der Waals surface area contributed by atoms with Gasteiger partial charge in [-0.05, 0) is 37.6 Å². The molecule has 0 fully saturated rings. The number of nitrogens with zero attached hydrogens (tertiary/aromatic N) is 3. The van der Waals surface area contributed by atoms with Gasteiger partial charge in [-0.15, -0.1) is 0 Å². The average molecular weight is 448 g/mol. The number of para-hydroxylation sites is 1. The predicted molar refractivity (Wildman–Crippen MR) is 111 cm³/mol. The third-order valence-electron chi connectivity index (χ3n) is 4.84. The van der Waals surface area contributed by atoms with Crippen molar-refractivity contribution in [3.05, 3.63) is 68.5 Å². The molecule has 1 amide bonds. The Kier molecular flexibility index (Phi) is 6.28. The Morgan fingerprint density at radius 2 is 1.78 bits per heavy atom. The van der Waals surface area contributed by atoms with Crippen molar-refractivity contribution >= 4 is 28.4 Å². The van der Waals surface area contributed by atoms with Gasteiger partial charge in [-0.1, -0.05) is 12.1 Å². The Bertz CT molecular complexity index is 1330. The molecule has 2 heterocycles. The van der Waals surface area contributed by atoms with Crippen LogP contribution in [-0.2, 0) is 24.6 Å². The Labute approximate surface area is 179 Å². The zero-order valence-electron chi connectivity index (χ0n) is 17.2. The van der Waals surface area contributed by atoms with Gasteiger partial charge < -0.3 is 5.32 Å². The van der Waals surface area contributed by atoms with Gasteiger partial charge in [0.25, 0.3) is 5.56 Å². The Hall–Kier alpha value is -3.76. The van der Waals surface area contributed by atoms with Crippen molar-refractivity contribution in [1.29, 1.82) is 0 Å². The van der Waals surface area contributed by atoms with E-state index in [2.05, 4.69) is 10.3 Å². The van der Waals surface area contributed by atoms with Crippen molar-refractivity contribution in [2.45, 2.75) is 32.5 Å². The summed E-state index contributed by atoms with van der Waals surface area (Å²) in [7, 11) is 1.22. The topological polar surface area (TPSA) is 103 Å². The molecule has 0 spiro atoms. The zero-order valence-corrected chi connectivity index (χ0v) is 17.2. The van der Waals surface area contributed by atoms with E-state index in [1.54, 1.807) is 24.3 Å². The van der Waals surface area contributed by atoms with Crippen molar-refractivity contribution < 1.29 is 22.8 Å². The minimum absolute atomic E-state index is 0.0505. The van der Waals surface area contributed by atoms with Crippen LogP contribution in [0.3, 0.4) is 0 Å². The van der Waals surface area contributed by atoms with Crippen LogP contribution in [0.15, 0.2) is 46.0 Å². The first kappa shape index (κ1) is 22.9. The van der Waals surface area contributed by atoms with Crippen LogP contribution in [0.25, 0.3) is 11.0 Å². The summed E-state index contributed by atoms with van der Waals surface area (Å²) >= 11 is 0. The Morgan fingerprint density at radius 3 is 2.44 bits per heavy atom. The standard InChI is InChI=1S/C21H19F3N4O4/c1-12(29)13-6-3-4-7-15(13)25-17(30)8-5-11-28-19(31)14-9-10-16(21(22,23)24)26-18(14)27(2)20(28)32/h3-4,6-7,9-10H,5,8,11H2,1-2H3,(H,25,30). The van der Waals surface area contributed by atoms with E-state index in [0.29, 0.717) is 17.3 Å². The number of aromatic nitrogens is 3. The lowest BCUT2D eigenvalue weighted by Gasteiger charge is -2.12.